The van der Waals surface area contributed by atoms with Crippen LogP contribution in [-0.4, -0.2) is 32.8 Å². The molecule has 3 atom stereocenters. The van der Waals surface area contributed by atoms with Crippen molar-refractivity contribution in [3.05, 3.63) is 29.8 Å². The van der Waals surface area contributed by atoms with Crippen LogP contribution < -0.4 is 4.74 Å². The lowest BCUT2D eigenvalue weighted by Crippen LogP contribution is -2.17. The Kier molecular flexibility index (Phi) is 3.57. The van der Waals surface area contributed by atoms with Crippen LogP contribution in [0.15, 0.2) is 24.3 Å². The molecule has 106 valence electrons. The van der Waals surface area contributed by atoms with Crippen molar-refractivity contribution in [3.8, 4) is 11.8 Å². The normalized spacial score (nSPS) is 28.4. The maximum absolute atomic E-state index is 12.1. The molecule has 0 bridgehead atoms. The van der Waals surface area contributed by atoms with Crippen molar-refractivity contribution in [2.75, 3.05) is 12.9 Å². The first-order valence-electron chi connectivity index (χ1n) is 6.20. The Bertz CT molecular complexity index is 659. The molecule has 1 fully saturated rings. The molecule has 0 radical (unpaired) electrons. The van der Waals surface area contributed by atoms with E-state index in [9.17, 15) is 18.5 Å². The summed E-state index contributed by atoms with van der Waals surface area (Å²) in [5.74, 6) is -0.0412. The number of carbonyl (C=O) groups is 1. The average Bonchev–Trinajstić information content (AvgIpc) is 3.18. The van der Waals surface area contributed by atoms with Crippen molar-refractivity contribution in [2.24, 2.45) is 5.41 Å². The van der Waals surface area contributed by atoms with E-state index in [0.29, 0.717) is 17.6 Å². The minimum atomic E-state index is -3.45. The molecule has 0 saturated heterocycles. The van der Waals surface area contributed by atoms with Crippen molar-refractivity contribution >= 4 is 16.1 Å². The lowest BCUT2D eigenvalue weighted by Gasteiger charge is -2.03. The van der Waals surface area contributed by atoms with E-state index in [0.717, 1.165) is 0 Å². The molecule has 0 spiro atoms. The molecular formula is C14H15NO4S. The topological polar surface area (TPSA) is 84.2 Å². The maximum Gasteiger partial charge on any atom is 0.155 e. The number of hydrogen-bond acceptors (Lipinski definition) is 5. The summed E-state index contributed by atoms with van der Waals surface area (Å²) in [6.07, 6.45) is 0.472. The number of hydrogen-bond donors (Lipinski definition) is 0. The second-order valence-corrected chi connectivity index (χ2v) is 7.20. The third-order valence-electron chi connectivity index (χ3n) is 3.83. The molecule has 1 aliphatic carbocycles. The number of aldehydes is 1. The zero-order valence-electron chi connectivity index (χ0n) is 11.2. The molecule has 5 nitrogen and oxygen atoms in total. The van der Waals surface area contributed by atoms with E-state index in [1.807, 2.05) is 6.07 Å². The summed E-state index contributed by atoms with van der Waals surface area (Å²) in [7, 11) is -1.93. The highest BCUT2D eigenvalue weighted by Crippen LogP contribution is 2.61. The summed E-state index contributed by atoms with van der Waals surface area (Å²) in [4.78, 5) is 11.3. The van der Waals surface area contributed by atoms with Gasteiger partial charge in [-0.05, 0) is 17.7 Å². The fourth-order valence-electron chi connectivity index (χ4n) is 2.62. The van der Waals surface area contributed by atoms with Gasteiger partial charge in [0.2, 0.25) is 0 Å². The largest absolute Gasteiger partial charge is 0.497 e. The zero-order valence-corrected chi connectivity index (χ0v) is 12.1. The summed E-state index contributed by atoms with van der Waals surface area (Å²) in [6.45, 7) is 1.52. The van der Waals surface area contributed by atoms with Crippen LogP contribution >= 0.6 is 0 Å². The van der Waals surface area contributed by atoms with Crippen molar-refractivity contribution in [3.63, 3.8) is 0 Å². The second-order valence-electron chi connectivity index (χ2n) is 4.79. The molecule has 6 heteroatoms. The van der Waals surface area contributed by atoms with Crippen molar-refractivity contribution in [1.82, 2.24) is 0 Å². The maximum atomic E-state index is 12.1. The van der Waals surface area contributed by atoms with Gasteiger partial charge in [0, 0.05) is 11.7 Å². The number of sulfone groups is 1. The van der Waals surface area contributed by atoms with Crippen LogP contribution in [0.5, 0.6) is 5.75 Å². The van der Waals surface area contributed by atoms with Gasteiger partial charge in [0.15, 0.2) is 9.84 Å². The minimum Gasteiger partial charge on any atom is -0.497 e. The average molecular weight is 293 g/mol. The van der Waals surface area contributed by atoms with Gasteiger partial charge in [-0.15, -0.1) is 0 Å². The van der Waals surface area contributed by atoms with Crippen LogP contribution in [0.3, 0.4) is 0 Å². The van der Waals surface area contributed by atoms with E-state index < -0.39 is 26.4 Å². The Morgan fingerprint density at radius 2 is 2.00 bits per heavy atom. The van der Waals surface area contributed by atoms with E-state index in [-0.39, 0.29) is 5.75 Å². The molecule has 0 heterocycles. The Balaban J connectivity index is 2.44. The Morgan fingerprint density at radius 3 is 2.40 bits per heavy atom. The zero-order chi connectivity index (χ0) is 15.0. The number of carbonyl (C=O) groups excluding carboxylic acids is 1. The van der Waals surface area contributed by atoms with Crippen LogP contribution in [0.2, 0.25) is 0 Å². The van der Waals surface area contributed by atoms with Crippen LogP contribution in [0.1, 0.15) is 18.4 Å². The van der Waals surface area contributed by atoms with Gasteiger partial charge in [-0.3, -0.25) is 0 Å². The Hall–Kier alpha value is -1.87. The lowest BCUT2D eigenvalue weighted by atomic mass is 10.0. The van der Waals surface area contributed by atoms with Gasteiger partial charge in [0.25, 0.3) is 0 Å². The van der Waals surface area contributed by atoms with E-state index in [4.69, 9.17) is 4.74 Å². The molecule has 1 saturated carbocycles. The Labute approximate surface area is 118 Å². The van der Waals surface area contributed by atoms with E-state index >= 15 is 0 Å². The molecule has 0 amide bonds. The molecule has 20 heavy (non-hydrogen) atoms. The quantitative estimate of drug-likeness (QED) is 0.764. The highest BCUT2D eigenvalue weighted by atomic mass is 32.2. The first-order chi connectivity index (χ1) is 9.46. The van der Waals surface area contributed by atoms with Gasteiger partial charge in [0.05, 0.1) is 18.4 Å². The van der Waals surface area contributed by atoms with Crippen LogP contribution in [0.4, 0.5) is 0 Å². The van der Waals surface area contributed by atoms with Gasteiger partial charge in [-0.2, -0.15) is 5.26 Å². The summed E-state index contributed by atoms with van der Waals surface area (Å²) in [5.41, 5.74) is -0.787. The summed E-state index contributed by atoms with van der Waals surface area (Å²) in [5, 5.41) is 8.30. The molecule has 0 aliphatic heterocycles. The van der Waals surface area contributed by atoms with Crippen molar-refractivity contribution in [2.45, 2.75) is 18.1 Å². The number of nitriles is 1. The summed E-state index contributed by atoms with van der Waals surface area (Å²) in [6, 6.07) is 8.67. The Morgan fingerprint density at radius 1 is 1.40 bits per heavy atom. The molecule has 1 aliphatic rings. The smallest absolute Gasteiger partial charge is 0.155 e. The first-order valence-corrected chi connectivity index (χ1v) is 7.91. The third-order valence-corrected chi connectivity index (χ3v) is 6.07. The molecular weight excluding hydrogens is 278 g/mol. The van der Waals surface area contributed by atoms with Crippen molar-refractivity contribution < 1.29 is 17.9 Å². The molecule has 0 unspecified atom stereocenters. The summed E-state index contributed by atoms with van der Waals surface area (Å²) >= 11 is 0. The van der Waals surface area contributed by atoms with Crippen LogP contribution in [0, 0.1) is 16.7 Å². The van der Waals surface area contributed by atoms with E-state index in [1.165, 1.54) is 14.0 Å². The van der Waals surface area contributed by atoms with Crippen LogP contribution in [0.25, 0.3) is 0 Å². The van der Waals surface area contributed by atoms with Gasteiger partial charge >= 0.3 is 0 Å². The predicted molar refractivity (Wildman–Crippen MR) is 73.1 cm³/mol. The number of ether oxygens (including phenoxy) is 1. The predicted octanol–water partition coefficient (Wildman–Crippen LogP) is 1.30. The highest BCUT2D eigenvalue weighted by molar-refractivity contribution is 7.92. The van der Waals surface area contributed by atoms with Crippen LogP contribution in [-0.2, 0) is 14.6 Å². The van der Waals surface area contributed by atoms with E-state index in [1.54, 1.807) is 24.3 Å². The summed E-state index contributed by atoms with van der Waals surface area (Å²) < 4.78 is 29.2. The number of methoxy groups -OCH3 is 1. The lowest BCUT2D eigenvalue weighted by molar-refractivity contribution is -0.110. The molecule has 0 aromatic heterocycles. The number of nitrogens with zero attached hydrogens (tertiary/aromatic N) is 1. The number of rotatable bonds is 5. The van der Waals surface area contributed by atoms with Gasteiger partial charge in [-0.25, -0.2) is 8.42 Å². The molecule has 0 N–H and O–H groups in total. The molecule has 2 rings (SSSR count). The minimum absolute atomic E-state index is 0.0818. The fourth-order valence-corrected chi connectivity index (χ4v) is 4.55. The first kappa shape index (κ1) is 14.5. The monoisotopic (exact) mass is 293 g/mol. The van der Waals surface area contributed by atoms with Gasteiger partial charge < -0.3 is 9.53 Å². The van der Waals surface area contributed by atoms with Gasteiger partial charge in [0.1, 0.15) is 17.5 Å². The van der Waals surface area contributed by atoms with E-state index in [2.05, 4.69) is 0 Å². The van der Waals surface area contributed by atoms with Crippen molar-refractivity contribution in [1.29, 1.82) is 5.26 Å². The standard InChI is InChI=1S/C14H15NO4S/c1-3-20(17,18)13-12(14(13,8-15)9-16)10-4-6-11(19-2)7-5-10/h4-7,9,12-13H,3H2,1-2H3/t12-,13-,14+/m0/s1. The highest BCUT2D eigenvalue weighted by Gasteiger charge is 2.72. The third kappa shape index (κ3) is 1.98. The SMILES string of the molecule is CCS(=O)(=O)[C@H]1[C@H](c2ccc(OC)cc2)[C@@]1(C#N)C=O. The number of benzene rings is 1. The van der Waals surface area contributed by atoms with Gasteiger partial charge in [-0.1, -0.05) is 19.1 Å². The fraction of sp³-hybridized carbons (Fsp3) is 0.429. The second kappa shape index (κ2) is 4.91. The molecule has 1 aromatic rings. The molecule has 1 aromatic carbocycles.